The van der Waals surface area contributed by atoms with Gasteiger partial charge in [0, 0.05) is 17.3 Å². The zero-order chi connectivity index (χ0) is 23.5. The van der Waals surface area contributed by atoms with E-state index in [1.54, 1.807) is 49.6 Å². The van der Waals surface area contributed by atoms with E-state index in [1.807, 2.05) is 26.8 Å². The molecule has 6 nitrogen and oxygen atoms in total. The minimum absolute atomic E-state index is 0.0888. The van der Waals surface area contributed by atoms with Gasteiger partial charge in [-0.2, -0.15) is 0 Å². The van der Waals surface area contributed by atoms with Crippen molar-refractivity contribution in [3.63, 3.8) is 0 Å². The number of aryl methyl sites for hydroxylation is 2. The van der Waals surface area contributed by atoms with Gasteiger partial charge in [-0.15, -0.1) is 0 Å². The van der Waals surface area contributed by atoms with Crippen LogP contribution < -0.4 is 20.2 Å². The summed E-state index contributed by atoms with van der Waals surface area (Å²) in [7, 11) is 1.55. The summed E-state index contributed by atoms with van der Waals surface area (Å²) in [6.07, 6.45) is 0. The number of anilines is 1. The first-order valence-electron chi connectivity index (χ1n) is 10.6. The van der Waals surface area contributed by atoms with Crippen LogP contribution >= 0.6 is 0 Å². The molecule has 0 spiro atoms. The molecule has 1 N–H and O–H groups in total. The molecule has 0 radical (unpaired) electrons. The molecule has 0 fully saturated rings. The lowest BCUT2D eigenvalue weighted by Crippen LogP contribution is -2.20. The molecule has 4 rings (SSSR count). The van der Waals surface area contributed by atoms with Crippen molar-refractivity contribution in [2.45, 2.75) is 20.8 Å². The van der Waals surface area contributed by atoms with Crippen LogP contribution in [0.3, 0.4) is 0 Å². The van der Waals surface area contributed by atoms with Gasteiger partial charge in [-0.05, 0) is 86.0 Å². The number of ether oxygens (including phenoxy) is 2. The summed E-state index contributed by atoms with van der Waals surface area (Å²) in [5.74, 6) is 1.50. The Kier molecular flexibility index (Phi) is 6.18. The smallest absolute Gasteiger partial charge is 0.262 e. The van der Waals surface area contributed by atoms with Crippen LogP contribution in [0, 0.1) is 20.8 Å². The molecule has 0 atom stereocenters. The van der Waals surface area contributed by atoms with E-state index in [1.165, 1.54) is 6.07 Å². The molecule has 168 valence electrons. The lowest BCUT2D eigenvalue weighted by Gasteiger charge is -2.12. The molecule has 1 aromatic heterocycles. The maximum absolute atomic E-state index is 12.5. The van der Waals surface area contributed by atoms with Crippen LogP contribution in [0.2, 0.25) is 0 Å². The SMILES string of the molecule is COc1ccc2oc(-c3ccc(NC(=O)COc4cc(C)cc(C)c4C)cc3)cc(=O)c2c1. The second-order valence-corrected chi connectivity index (χ2v) is 7.96. The maximum atomic E-state index is 12.5. The van der Waals surface area contributed by atoms with E-state index in [4.69, 9.17) is 13.9 Å². The molecule has 0 saturated heterocycles. The lowest BCUT2D eigenvalue weighted by atomic mass is 10.1. The first-order valence-corrected chi connectivity index (χ1v) is 10.6. The standard InChI is InChI=1S/C27H25NO5/c1-16-11-17(2)18(3)25(12-16)32-15-27(30)28-20-7-5-19(6-8-20)26-14-23(29)22-13-21(31-4)9-10-24(22)33-26/h5-14H,15H2,1-4H3,(H,28,30). The number of rotatable bonds is 6. The van der Waals surface area contributed by atoms with E-state index < -0.39 is 0 Å². The largest absolute Gasteiger partial charge is 0.497 e. The highest BCUT2D eigenvalue weighted by atomic mass is 16.5. The Balaban J connectivity index is 1.45. The van der Waals surface area contributed by atoms with E-state index in [9.17, 15) is 9.59 Å². The fraction of sp³-hybridized carbons (Fsp3) is 0.185. The fourth-order valence-electron chi connectivity index (χ4n) is 3.61. The summed E-state index contributed by atoms with van der Waals surface area (Å²) in [5, 5.41) is 3.28. The molecule has 0 aliphatic rings. The van der Waals surface area contributed by atoms with Crippen molar-refractivity contribution in [1.29, 1.82) is 0 Å². The predicted molar refractivity (Wildman–Crippen MR) is 129 cm³/mol. The number of carbonyl (C=O) groups is 1. The third kappa shape index (κ3) is 4.90. The Morgan fingerprint density at radius 3 is 2.45 bits per heavy atom. The molecule has 0 bridgehead atoms. The Morgan fingerprint density at radius 1 is 0.970 bits per heavy atom. The van der Waals surface area contributed by atoms with Crippen molar-refractivity contribution in [1.82, 2.24) is 0 Å². The number of fused-ring (bicyclic) bond motifs is 1. The lowest BCUT2D eigenvalue weighted by molar-refractivity contribution is -0.118. The highest BCUT2D eigenvalue weighted by Gasteiger charge is 2.10. The van der Waals surface area contributed by atoms with Crippen molar-refractivity contribution in [2.75, 3.05) is 19.0 Å². The van der Waals surface area contributed by atoms with Crippen LogP contribution in [0.1, 0.15) is 16.7 Å². The van der Waals surface area contributed by atoms with Gasteiger partial charge in [-0.3, -0.25) is 9.59 Å². The van der Waals surface area contributed by atoms with Gasteiger partial charge in [-0.1, -0.05) is 6.07 Å². The summed E-state index contributed by atoms with van der Waals surface area (Å²) >= 11 is 0. The zero-order valence-electron chi connectivity index (χ0n) is 19.0. The number of nitrogens with one attached hydrogen (secondary N) is 1. The van der Waals surface area contributed by atoms with Gasteiger partial charge in [0.15, 0.2) is 12.0 Å². The average molecular weight is 443 g/mol. The summed E-state index contributed by atoms with van der Waals surface area (Å²) in [6.45, 7) is 5.90. The van der Waals surface area contributed by atoms with E-state index in [2.05, 4.69) is 11.4 Å². The molecule has 1 amide bonds. The second-order valence-electron chi connectivity index (χ2n) is 7.96. The van der Waals surface area contributed by atoms with E-state index in [-0.39, 0.29) is 17.9 Å². The number of hydrogen-bond acceptors (Lipinski definition) is 5. The Hall–Kier alpha value is -4.06. The van der Waals surface area contributed by atoms with Crippen LogP contribution in [0.25, 0.3) is 22.3 Å². The minimum atomic E-state index is -0.257. The molecule has 3 aromatic carbocycles. The summed E-state index contributed by atoms with van der Waals surface area (Å²) in [5.41, 5.74) is 4.91. The fourth-order valence-corrected chi connectivity index (χ4v) is 3.61. The molecule has 6 heteroatoms. The monoisotopic (exact) mass is 443 g/mol. The molecule has 0 aliphatic carbocycles. The molecule has 4 aromatic rings. The van der Waals surface area contributed by atoms with Gasteiger partial charge in [0.25, 0.3) is 5.91 Å². The number of hydrogen-bond donors (Lipinski definition) is 1. The zero-order valence-corrected chi connectivity index (χ0v) is 19.0. The van der Waals surface area contributed by atoms with Gasteiger partial charge >= 0.3 is 0 Å². The third-order valence-electron chi connectivity index (χ3n) is 5.51. The number of amides is 1. The highest BCUT2D eigenvalue weighted by molar-refractivity contribution is 5.92. The number of carbonyl (C=O) groups excluding carboxylic acids is 1. The van der Waals surface area contributed by atoms with Gasteiger partial charge < -0.3 is 19.2 Å². The van der Waals surface area contributed by atoms with Crippen LogP contribution in [0.4, 0.5) is 5.69 Å². The normalized spacial score (nSPS) is 10.8. The third-order valence-corrected chi connectivity index (χ3v) is 5.51. The first-order chi connectivity index (χ1) is 15.8. The summed E-state index contributed by atoms with van der Waals surface area (Å²) < 4.78 is 16.8. The number of benzene rings is 3. The quantitative estimate of drug-likeness (QED) is 0.431. The highest BCUT2D eigenvalue weighted by Crippen LogP contribution is 2.26. The Bertz CT molecular complexity index is 1390. The molecule has 0 aliphatic heterocycles. The summed E-state index contributed by atoms with van der Waals surface area (Å²) in [4.78, 5) is 24.9. The van der Waals surface area contributed by atoms with Gasteiger partial charge in [0.1, 0.15) is 22.8 Å². The van der Waals surface area contributed by atoms with Crippen LogP contribution in [0.5, 0.6) is 11.5 Å². The maximum Gasteiger partial charge on any atom is 0.262 e. The van der Waals surface area contributed by atoms with Gasteiger partial charge in [-0.25, -0.2) is 0 Å². The first kappa shape index (κ1) is 22.1. The molecule has 1 heterocycles. The Morgan fingerprint density at radius 2 is 1.73 bits per heavy atom. The molecular weight excluding hydrogens is 418 g/mol. The summed E-state index contributed by atoms with van der Waals surface area (Å²) in [6, 6.07) is 17.7. The molecular formula is C27H25NO5. The van der Waals surface area contributed by atoms with E-state index >= 15 is 0 Å². The van der Waals surface area contributed by atoms with Crippen molar-refractivity contribution < 1.29 is 18.7 Å². The average Bonchev–Trinajstić information content (AvgIpc) is 2.80. The Labute approximate surface area is 191 Å². The van der Waals surface area contributed by atoms with Crippen LogP contribution in [0.15, 0.2) is 69.9 Å². The molecule has 0 saturated carbocycles. The second kappa shape index (κ2) is 9.20. The minimum Gasteiger partial charge on any atom is -0.497 e. The van der Waals surface area contributed by atoms with Crippen molar-refractivity contribution >= 4 is 22.6 Å². The van der Waals surface area contributed by atoms with Crippen LogP contribution in [-0.2, 0) is 4.79 Å². The number of methoxy groups -OCH3 is 1. The van der Waals surface area contributed by atoms with Crippen molar-refractivity contribution in [2.24, 2.45) is 0 Å². The van der Waals surface area contributed by atoms with Gasteiger partial charge in [0.05, 0.1) is 12.5 Å². The van der Waals surface area contributed by atoms with Crippen molar-refractivity contribution in [3.8, 4) is 22.8 Å². The van der Waals surface area contributed by atoms with Gasteiger partial charge in [0.2, 0.25) is 0 Å². The van der Waals surface area contributed by atoms with E-state index in [0.29, 0.717) is 33.9 Å². The van der Waals surface area contributed by atoms with Crippen LogP contribution in [-0.4, -0.2) is 19.6 Å². The van der Waals surface area contributed by atoms with Crippen molar-refractivity contribution in [3.05, 3.63) is 87.6 Å². The van der Waals surface area contributed by atoms with E-state index in [0.717, 1.165) is 22.3 Å². The topological polar surface area (TPSA) is 77.8 Å². The molecule has 0 unspecified atom stereocenters. The predicted octanol–water partition coefficient (Wildman–Crippen LogP) is 5.41. The molecule has 33 heavy (non-hydrogen) atoms.